The van der Waals surface area contributed by atoms with Crippen LogP contribution in [0, 0.1) is 0 Å². The van der Waals surface area contributed by atoms with Crippen LogP contribution in [0.4, 0.5) is 0 Å². The molecule has 0 N–H and O–H groups in total. The van der Waals surface area contributed by atoms with E-state index >= 15 is 0 Å². The third-order valence-corrected chi connectivity index (χ3v) is 1.23. The van der Waals surface area contributed by atoms with Crippen LogP contribution in [0.1, 0.15) is 0 Å². The number of esters is 1. The summed E-state index contributed by atoms with van der Waals surface area (Å²) < 4.78 is 9.56. The van der Waals surface area contributed by atoms with Crippen molar-refractivity contribution in [1.82, 2.24) is 0 Å². The second-order valence-corrected chi connectivity index (χ2v) is 2.12. The zero-order valence-corrected chi connectivity index (χ0v) is 6.92. The lowest BCUT2D eigenvalue weighted by molar-refractivity contribution is -0.138. The summed E-state index contributed by atoms with van der Waals surface area (Å²) in [7, 11) is 0.445. The molecule has 0 aromatic carbocycles. The fraction of sp³-hybridized carbons (Fsp3) is 0.500. The van der Waals surface area contributed by atoms with Crippen molar-refractivity contribution in [3.8, 4) is 0 Å². The van der Waals surface area contributed by atoms with Gasteiger partial charge in [0.2, 0.25) is 9.76 Å². The molecule has 3 nitrogen and oxygen atoms in total. The predicted octanol–water partition coefficient (Wildman–Crippen LogP) is 0.399. The molecule has 0 aromatic rings. The van der Waals surface area contributed by atoms with E-state index in [1.807, 2.05) is 6.55 Å². The molecule has 0 atom stereocenters. The molecule has 0 fully saturated rings. The van der Waals surface area contributed by atoms with Crippen molar-refractivity contribution in [3.63, 3.8) is 0 Å². The van der Waals surface area contributed by atoms with Crippen LogP contribution in [-0.2, 0) is 14.0 Å². The molecule has 0 saturated carbocycles. The molecule has 56 valence electrons. The lowest BCUT2D eigenvalue weighted by atomic mass is 10.6. The van der Waals surface area contributed by atoms with Crippen molar-refractivity contribution < 1.29 is 14.0 Å². The minimum Gasteiger partial charge on any atom is -0.460 e. The van der Waals surface area contributed by atoms with Crippen molar-refractivity contribution in [2.75, 3.05) is 13.2 Å². The SMILES string of the molecule is C=CC(=O)OCCO[Si]C. The molecule has 0 aliphatic carbocycles. The Kier molecular flexibility index (Phi) is 6.11. The third kappa shape index (κ3) is 5.52. The van der Waals surface area contributed by atoms with Gasteiger partial charge in [-0.15, -0.1) is 0 Å². The van der Waals surface area contributed by atoms with E-state index in [0.29, 0.717) is 23.0 Å². The summed E-state index contributed by atoms with van der Waals surface area (Å²) in [5.74, 6) is -0.400. The van der Waals surface area contributed by atoms with Crippen LogP contribution >= 0.6 is 0 Å². The second kappa shape index (κ2) is 6.51. The number of carbonyl (C=O) groups is 1. The maximum Gasteiger partial charge on any atom is 0.330 e. The van der Waals surface area contributed by atoms with E-state index < -0.39 is 5.97 Å². The van der Waals surface area contributed by atoms with Crippen LogP contribution in [0.25, 0.3) is 0 Å². The summed E-state index contributed by atoms with van der Waals surface area (Å²) >= 11 is 0. The quantitative estimate of drug-likeness (QED) is 0.251. The first kappa shape index (κ1) is 9.39. The largest absolute Gasteiger partial charge is 0.460 e. The standard InChI is InChI=1S/C6H10O3Si/c1-3-6(7)8-4-5-9-10-2/h3H,1,4-5H2,2H3. The van der Waals surface area contributed by atoms with Gasteiger partial charge in [0.05, 0.1) is 6.61 Å². The van der Waals surface area contributed by atoms with E-state index in [1.54, 1.807) is 0 Å². The van der Waals surface area contributed by atoms with Crippen LogP contribution in [0.15, 0.2) is 12.7 Å². The van der Waals surface area contributed by atoms with Crippen LogP contribution in [-0.4, -0.2) is 28.9 Å². The molecule has 0 aromatic heterocycles. The number of ether oxygens (including phenoxy) is 1. The molecule has 10 heavy (non-hydrogen) atoms. The predicted molar refractivity (Wildman–Crippen MR) is 38.7 cm³/mol. The summed E-state index contributed by atoms with van der Waals surface area (Å²) in [6.45, 7) is 5.94. The summed E-state index contributed by atoms with van der Waals surface area (Å²) in [5.41, 5.74) is 0. The average Bonchev–Trinajstić information content (AvgIpc) is 1.98. The highest BCUT2D eigenvalue weighted by molar-refractivity contribution is 6.24. The first-order valence-corrected chi connectivity index (χ1v) is 4.29. The number of carbonyl (C=O) groups excluding carboxylic acids is 1. The van der Waals surface area contributed by atoms with Crippen LogP contribution in [0.5, 0.6) is 0 Å². The molecule has 0 aliphatic rings. The Morgan fingerprint density at radius 3 is 2.90 bits per heavy atom. The summed E-state index contributed by atoms with van der Waals surface area (Å²) in [6.07, 6.45) is 1.13. The Bertz CT molecular complexity index is 114. The third-order valence-electron chi connectivity index (χ3n) is 0.741. The minimum absolute atomic E-state index is 0.311. The van der Waals surface area contributed by atoms with E-state index in [2.05, 4.69) is 11.3 Å². The Hall–Kier alpha value is -0.613. The molecule has 0 unspecified atom stereocenters. The average molecular weight is 158 g/mol. The van der Waals surface area contributed by atoms with E-state index in [1.165, 1.54) is 0 Å². The van der Waals surface area contributed by atoms with Gasteiger partial charge in [-0.1, -0.05) is 6.58 Å². The molecule has 0 bridgehead atoms. The Morgan fingerprint density at radius 2 is 2.40 bits per heavy atom. The number of hydrogen-bond donors (Lipinski definition) is 0. The van der Waals surface area contributed by atoms with Crippen LogP contribution in [0.2, 0.25) is 6.55 Å². The van der Waals surface area contributed by atoms with Crippen LogP contribution < -0.4 is 0 Å². The van der Waals surface area contributed by atoms with Gasteiger partial charge in [-0.25, -0.2) is 4.79 Å². The minimum atomic E-state index is -0.400. The topological polar surface area (TPSA) is 35.5 Å². The maximum absolute atomic E-state index is 10.4. The van der Waals surface area contributed by atoms with Gasteiger partial charge in [0.15, 0.2) is 0 Å². The summed E-state index contributed by atoms with van der Waals surface area (Å²) in [4.78, 5) is 10.4. The van der Waals surface area contributed by atoms with Crippen molar-refractivity contribution in [2.24, 2.45) is 0 Å². The van der Waals surface area contributed by atoms with Gasteiger partial charge < -0.3 is 9.16 Å². The normalized spacial score (nSPS) is 8.90. The molecular weight excluding hydrogens is 148 g/mol. The van der Waals surface area contributed by atoms with Gasteiger partial charge in [0.1, 0.15) is 6.61 Å². The Labute approximate surface area is 63.0 Å². The number of hydrogen-bond acceptors (Lipinski definition) is 3. The van der Waals surface area contributed by atoms with E-state index in [-0.39, 0.29) is 0 Å². The highest BCUT2D eigenvalue weighted by Gasteiger charge is 1.92. The van der Waals surface area contributed by atoms with E-state index in [4.69, 9.17) is 4.43 Å². The van der Waals surface area contributed by atoms with Crippen molar-refractivity contribution >= 4 is 15.7 Å². The van der Waals surface area contributed by atoms with Gasteiger partial charge in [-0.3, -0.25) is 0 Å². The highest BCUT2D eigenvalue weighted by Crippen LogP contribution is 1.79. The first-order valence-electron chi connectivity index (χ1n) is 2.89. The molecule has 0 heterocycles. The first-order chi connectivity index (χ1) is 4.81. The fourth-order valence-electron chi connectivity index (χ4n) is 0.345. The van der Waals surface area contributed by atoms with Gasteiger partial charge in [0.25, 0.3) is 0 Å². The molecular formula is C6H10O3Si. The Balaban J connectivity index is 3.03. The lowest BCUT2D eigenvalue weighted by Gasteiger charge is -2.00. The Morgan fingerprint density at radius 1 is 1.70 bits per heavy atom. The van der Waals surface area contributed by atoms with E-state index in [9.17, 15) is 4.79 Å². The zero-order chi connectivity index (χ0) is 7.82. The lowest BCUT2D eigenvalue weighted by Crippen LogP contribution is -2.08. The molecule has 0 rings (SSSR count). The van der Waals surface area contributed by atoms with Crippen LogP contribution in [0.3, 0.4) is 0 Å². The molecule has 0 spiro atoms. The van der Waals surface area contributed by atoms with Gasteiger partial charge in [-0.2, -0.15) is 0 Å². The molecule has 0 aliphatic heterocycles. The fourth-order valence-corrected chi connectivity index (χ4v) is 0.632. The van der Waals surface area contributed by atoms with Crippen molar-refractivity contribution in [1.29, 1.82) is 0 Å². The second-order valence-electron chi connectivity index (χ2n) is 1.42. The number of rotatable bonds is 5. The molecule has 2 radical (unpaired) electrons. The summed E-state index contributed by atoms with van der Waals surface area (Å²) in [5, 5.41) is 0. The van der Waals surface area contributed by atoms with E-state index in [0.717, 1.165) is 6.08 Å². The summed E-state index contributed by atoms with van der Waals surface area (Å²) in [6, 6.07) is 0. The molecule has 0 saturated heterocycles. The van der Waals surface area contributed by atoms with Gasteiger partial charge in [0, 0.05) is 6.08 Å². The van der Waals surface area contributed by atoms with Crippen molar-refractivity contribution in [2.45, 2.75) is 6.55 Å². The zero-order valence-electron chi connectivity index (χ0n) is 5.92. The monoisotopic (exact) mass is 158 g/mol. The smallest absolute Gasteiger partial charge is 0.330 e. The van der Waals surface area contributed by atoms with Gasteiger partial charge in [-0.05, 0) is 6.55 Å². The maximum atomic E-state index is 10.4. The van der Waals surface area contributed by atoms with Gasteiger partial charge >= 0.3 is 5.97 Å². The molecule has 0 amide bonds. The molecule has 4 heteroatoms. The highest BCUT2D eigenvalue weighted by atomic mass is 28.2. The van der Waals surface area contributed by atoms with Crippen molar-refractivity contribution in [3.05, 3.63) is 12.7 Å².